The van der Waals surface area contributed by atoms with Crippen molar-refractivity contribution in [1.29, 1.82) is 0 Å². The highest BCUT2D eigenvalue weighted by Crippen LogP contribution is 2.31. The van der Waals surface area contributed by atoms with Gasteiger partial charge < -0.3 is 14.4 Å². The smallest absolute Gasteiger partial charge is 0.229 e. The second-order valence-electron chi connectivity index (χ2n) is 5.44. The van der Waals surface area contributed by atoms with Crippen LogP contribution in [0, 0.1) is 0 Å². The number of benzene rings is 1. The van der Waals surface area contributed by atoms with Crippen LogP contribution in [0.15, 0.2) is 28.8 Å². The van der Waals surface area contributed by atoms with Gasteiger partial charge in [-0.05, 0) is 18.9 Å². The Balaban J connectivity index is 1.62. The number of ether oxygens (including phenoxy) is 1. The van der Waals surface area contributed by atoms with Crippen LogP contribution in [-0.2, 0) is 13.2 Å². The summed E-state index contributed by atoms with van der Waals surface area (Å²) >= 11 is 0. The predicted molar refractivity (Wildman–Crippen MR) is 76.8 cm³/mol. The third-order valence-corrected chi connectivity index (χ3v) is 3.94. The molecule has 0 spiro atoms. The van der Waals surface area contributed by atoms with Crippen LogP contribution in [0.3, 0.4) is 0 Å². The Bertz CT molecular complexity index is 576. The van der Waals surface area contributed by atoms with Gasteiger partial charge in [0.1, 0.15) is 5.75 Å². The molecule has 112 valence electrons. The molecular weight excluding hydrogens is 268 g/mol. The lowest BCUT2D eigenvalue weighted by molar-refractivity contribution is 0.252. The Hall–Kier alpha value is -1.88. The van der Waals surface area contributed by atoms with E-state index in [1.54, 1.807) is 0 Å². The van der Waals surface area contributed by atoms with Gasteiger partial charge in [0.05, 0.1) is 6.61 Å². The second-order valence-corrected chi connectivity index (χ2v) is 5.44. The lowest BCUT2D eigenvalue weighted by Gasteiger charge is -2.17. The van der Waals surface area contributed by atoms with Gasteiger partial charge in [-0.15, -0.1) is 0 Å². The molecule has 5 heteroatoms. The number of hydrogen-bond donors (Lipinski definition) is 1. The van der Waals surface area contributed by atoms with Crippen LogP contribution >= 0.6 is 0 Å². The summed E-state index contributed by atoms with van der Waals surface area (Å²) in [6.07, 6.45) is 6.05. The van der Waals surface area contributed by atoms with E-state index in [4.69, 9.17) is 9.26 Å². The first-order valence-corrected chi connectivity index (χ1v) is 7.51. The van der Waals surface area contributed by atoms with Crippen molar-refractivity contribution in [3.63, 3.8) is 0 Å². The Morgan fingerprint density at radius 3 is 2.81 bits per heavy atom. The molecule has 0 unspecified atom stereocenters. The number of aromatic nitrogens is 2. The summed E-state index contributed by atoms with van der Waals surface area (Å²) in [5.74, 6) is 2.36. The van der Waals surface area contributed by atoms with E-state index < -0.39 is 0 Å². The van der Waals surface area contributed by atoms with E-state index in [-0.39, 0.29) is 13.2 Å². The topological polar surface area (TPSA) is 68.4 Å². The fraction of sp³-hybridized carbons (Fsp3) is 0.500. The zero-order valence-electron chi connectivity index (χ0n) is 12.0. The molecule has 1 aromatic heterocycles. The molecule has 1 heterocycles. The van der Waals surface area contributed by atoms with Gasteiger partial charge >= 0.3 is 0 Å². The lowest BCUT2D eigenvalue weighted by Crippen LogP contribution is -2.05. The third kappa shape index (κ3) is 3.42. The molecule has 1 fully saturated rings. The van der Waals surface area contributed by atoms with Gasteiger partial charge in [0.25, 0.3) is 0 Å². The molecule has 0 radical (unpaired) electrons. The van der Waals surface area contributed by atoms with E-state index in [2.05, 4.69) is 10.1 Å². The van der Waals surface area contributed by atoms with E-state index in [9.17, 15) is 5.11 Å². The minimum absolute atomic E-state index is 0.0459. The van der Waals surface area contributed by atoms with Gasteiger partial charge in [-0.1, -0.05) is 42.6 Å². The number of rotatable bonds is 5. The van der Waals surface area contributed by atoms with Crippen molar-refractivity contribution in [2.75, 3.05) is 0 Å². The van der Waals surface area contributed by atoms with Crippen LogP contribution in [0.2, 0.25) is 0 Å². The molecule has 2 aromatic rings. The van der Waals surface area contributed by atoms with Crippen molar-refractivity contribution >= 4 is 0 Å². The Morgan fingerprint density at radius 1 is 1.19 bits per heavy atom. The normalized spacial score (nSPS) is 16.0. The molecule has 5 nitrogen and oxygen atoms in total. The van der Waals surface area contributed by atoms with Gasteiger partial charge in [-0.3, -0.25) is 0 Å². The average Bonchev–Trinajstić information content (AvgIpc) is 3.03. The molecule has 0 saturated heterocycles. The fourth-order valence-corrected chi connectivity index (χ4v) is 2.76. The zero-order valence-corrected chi connectivity index (χ0v) is 12.0. The van der Waals surface area contributed by atoms with E-state index >= 15 is 0 Å². The predicted octanol–water partition coefficient (Wildman–Crippen LogP) is 3.19. The summed E-state index contributed by atoms with van der Waals surface area (Å²) in [7, 11) is 0. The van der Waals surface area contributed by atoms with Crippen molar-refractivity contribution in [2.24, 2.45) is 0 Å². The first-order chi connectivity index (χ1) is 10.4. The van der Waals surface area contributed by atoms with Crippen LogP contribution in [0.25, 0.3) is 0 Å². The number of para-hydroxylation sites is 1. The third-order valence-electron chi connectivity index (χ3n) is 3.94. The standard InChI is InChI=1S/C16H20N2O3/c19-10-13-8-4-5-9-14(13)20-11-15-17-16(21-18-15)12-6-2-1-3-7-12/h4-5,8-9,12,19H,1-3,6-7,10-11H2. The van der Waals surface area contributed by atoms with Crippen molar-refractivity contribution in [1.82, 2.24) is 10.1 Å². The van der Waals surface area contributed by atoms with E-state index in [1.807, 2.05) is 24.3 Å². The Kier molecular flexibility index (Phi) is 4.50. The van der Waals surface area contributed by atoms with Crippen LogP contribution in [0.1, 0.15) is 55.3 Å². The van der Waals surface area contributed by atoms with Crippen LogP contribution in [0.5, 0.6) is 5.75 Å². The molecule has 1 saturated carbocycles. The van der Waals surface area contributed by atoms with E-state index in [0.717, 1.165) is 24.3 Å². The van der Waals surface area contributed by atoms with Crippen LogP contribution in [-0.4, -0.2) is 15.2 Å². The fourth-order valence-electron chi connectivity index (χ4n) is 2.76. The quantitative estimate of drug-likeness (QED) is 0.915. The molecule has 3 rings (SSSR count). The van der Waals surface area contributed by atoms with Crippen LogP contribution in [0.4, 0.5) is 0 Å². The number of aliphatic hydroxyl groups excluding tert-OH is 1. The van der Waals surface area contributed by atoms with Gasteiger partial charge in [0, 0.05) is 11.5 Å². The summed E-state index contributed by atoms with van der Waals surface area (Å²) in [6, 6.07) is 7.40. The monoisotopic (exact) mass is 288 g/mol. The molecule has 0 bridgehead atoms. The molecule has 0 atom stereocenters. The van der Waals surface area contributed by atoms with Gasteiger partial charge in [0.2, 0.25) is 11.7 Å². The molecule has 1 aromatic carbocycles. The molecule has 0 aliphatic heterocycles. The number of hydrogen-bond acceptors (Lipinski definition) is 5. The van der Waals surface area contributed by atoms with Gasteiger partial charge in [0.15, 0.2) is 6.61 Å². The number of nitrogens with zero attached hydrogens (tertiary/aromatic N) is 2. The Labute approximate surface area is 123 Å². The lowest BCUT2D eigenvalue weighted by atomic mass is 9.89. The maximum absolute atomic E-state index is 9.26. The largest absolute Gasteiger partial charge is 0.485 e. The summed E-state index contributed by atoms with van der Waals surface area (Å²) in [5, 5.41) is 13.2. The average molecular weight is 288 g/mol. The highest BCUT2D eigenvalue weighted by Gasteiger charge is 2.21. The van der Waals surface area contributed by atoms with Crippen molar-refractivity contribution in [2.45, 2.75) is 51.2 Å². The van der Waals surface area contributed by atoms with Gasteiger partial charge in [-0.2, -0.15) is 4.98 Å². The van der Waals surface area contributed by atoms with Crippen molar-refractivity contribution in [3.8, 4) is 5.75 Å². The van der Waals surface area contributed by atoms with E-state index in [0.29, 0.717) is 17.5 Å². The Morgan fingerprint density at radius 2 is 2.00 bits per heavy atom. The summed E-state index contributed by atoms with van der Waals surface area (Å²) in [5.41, 5.74) is 0.758. The number of aliphatic hydroxyl groups is 1. The van der Waals surface area contributed by atoms with Crippen molar-refractivity contribution in [3.05, 3.63) is 41.5 Å². The minimum Gasteiger partial charge on any atom is -0.485 e. The SMILES string of the molecule is OCc1ccccc1OCc1noc(C2CCCCC2)n1. The molecule has 1 aliphatic carbocycles. The summed E-state index contributed by atoms with van der Waals surface area (Å²) in [4.78, 5) is 4.44. The molecule has 21 heavy (non-hydrogen) atoms. The maximum Gasteiger partial charge on any atom is 0.229 e. The zero-order chi connectivity index (χ0) is 14.5. The summed E-state index contributed by atoms with van der Waals surface area (Å²) in [6.45, 7) is 0.211. The molecular formula is C16H20N2O3. The molecule has 1 N–H and O–H groups in total. The highest BCUT2D eigenvalue weighted by molar-refractivity contribution is 5.32. The molecule has 0 amide bonds. The summed E-state index contributed by atoms with van der Waals surface area (Å²) < 4.78 is 11.0. The maximum atomic E-state index is 9.26. The van der Waals surface area contributed by atoms with Gasteiger partial charge in [-0.25, -0.2) is 0 Å². The highest BCUT2D eigenvalue weighted by atomic mass is 16.5. The second kappa shape index (κ2) is 6.72. The minimum atomic E-state index is -0.0459. The van der Waals surface area contributed by atoms with Crippen LogP contribution < -0.4 is 4.74 Å². The first kappa shape index (κ1) is 14.1. The molecule has 1 aliphatic rings. The van der Waals surface area contributed by atoms with Crippen molar-refractivity contribution < 1.29 is 14.4 Å². The van der Waals surface area contributed by atoms with E-state index in [1.165, 1.54) is 19.3 Å². The first-order valence-electron chi connectivity index (χ1n) is 7.51.